The van der Waals surface area contributed by atoms with Gasteiger partial charge in [0.25, 0.3) is 0 Å². The summed E-state index contributed by atoms with van der Waals surface area (Å²) in [6, 6.07) is 8.67. The number of primary amides is 1. The Morgan fingerprint density at radius 1 is 1.23 bits per heavy atom. The number of carbonyl (C=O) groups is 3. The SMILES string of the molecule is CC(C)(C)OC(=O)N1C[C@]2(CC(c3ccccc3)NC2=O)C[C@H]1C(N)=O. The van der Waals surface area contributed by atoms with E-state index in [9.17, 15) is 14.4 Å². The van der Waals surface area contributed by atoms with Gasteiger partial charge in [-0.05, 0) is 39.2 Å². The molecule has 1 aromatic rings. The van der Waals surface area contributed by atoms with Gasteiger partial charge in [0.05, 0.1) is 11.5 Å². The molecule has 0 aromatic heterocycles. The number of nitrogens with two attached hydrogens (primary N) is 1. The van der Waals surface area contributed by atoms with Gasteiger partial charge in [-0.2, -0.15) is 0 Å². The predicted octanol–water partition coefficient (Wildman–Crippen LogP) is 1.73. The fourth-order valence-electron chi connectivity index (χ4n) is 3.79. The summed E-state index contributed by atoms with van der Waals surface area (Å²) in [5.74, 6) is -0.771. The molecule has 0 bridgehead atoms. The highest BCUT2D eigenvalue weighted by Gasteiger charge is 2.57. The van der Waals surface area contributed by atoms with Gasteiger partial charge in [-0.1, -0.05) is 30.3 Å². The molecule has 3 amide bonds. The van der Waals surface area contributed by atoms with Crippen molar-refractivity contribution < 1.29 is 19.1 Å². The van der Waals surface area contributed by atoms with Gasteiger partial charge in [0, 0.05) is 6.54 Å². The molecular formula is C19H25N3O4. The molecule has 2 heterocycles. The fourth-order valence-corrected chi connectivity index (χ4v) is 3.79. The molecule has 1 unspecified atom stereocenters. The number of nitrogens with zero attached hydrogens (tertiary/aromatic N) is 1. The van der Waals surface area contributed by atoms with Crippen molar-refractivity contribution in [2.45, 2.75) is 51.3 Å². The molecule has 1 aromatic carbocycles. The van der Waals surface area contributed by atoms with E-state index in [2.05, 4.69) is 5.32 Å². The van der Waals surface area contributed by atoms with Crippen LogP contribution in [0.2, 0.25) is 0 Å². The molecule has 26 heavy (non-hydrogen) atoms. The Bertz CT molecular complexity index is 728. The number of hydrogen-bond acceptors (Lipinski definition) is 4. The number of carbonyl (C=O) groups excluding carboxylic acids is 3. The fraction of sp³-hybridized carbons (Fsp3) is 0.526. The van der Waals surface area contributed by atoms with Crippen LogP contribution in [0.3, 0.4) is 0 Å². The van der Waals surface area contributed by atoms with Crippen LogP contribution >= 0.6 is 0 Å². The van der Waals surface area contributed by atoms with E-state index >= 15 is 0 Å². The molecule has 2 aliphatic rings. The maximum absolute atomic E-state index is 12.8. The zero-order valence-corrected chi connectivity index (χ0v) is 15.3. The second-order valence-electron chi connectivity index (χ2n) is 8.15. The number of ether oxygens (including phenoxy) is 1. The summed E-state index contributed by atoms with van der Waals surface area (Å²) in [6.07, 6.45) is 0.115. The minimum atomic E-state index is -0.842. The molecule has 2 fully saturated rings. The monoisotopic (exact) mass is 359 g/mol. The van der Waals surface area contributed by atoms with Crippen LogP contribution in [-0.4, -0.2) is 41.0 Å². The minimum absolute atomic E-state index is 0.130. The zero-order chi connectivity index (χ0) is 19.1. The Balaban J connectivity index is 1.83. The van der Waals surface area contributed by atoms with E-state index in [-0.39, 0.29) is 24.9 Å². The normalized spacial score (nSPS) is 28.3. The summed E-state index contributed by atoms with van der Waals surface area (Å²) in [4.78, 5) is 38.5. The van der Waals surface area contributed by atoms with Crippen molar-refractivity contribution in [1.29, 1.82) is 0 Å². The van der Waals surface area contributed by atoms with Gasteiger partial charge < -0.3 is 15.8 Å². The first-order valence-electron chi connectivity index (χ1n) is 8.76. The lowest BCUT2D eigenvalue weighted by molar-refractivity contribution is -0.127. The van der Waals surface area contributed by atoms with Crippen molar-refractivity contribution in [3.63, 3.8) is 0 Å². The first-order valence-corrected chi connectivity index (χ1v) is 8.76. The highest BCUT2D eigenvalue weighted by atomic mass is 16.6. The van der Waals surface area contributed by atoms with Crippen LogP contribution in [0.1, 0.15) is 45.2 Å². The van der Waals surface area contributed by atoms with Gasteiger partial charge in [0.15, 0.2) is 0 Å². The molecule has 0 aliphatic carbocycles. The first kappa shape index (κ1) is 18.2. The predicted molar refractivity (Wildman–Crippen MR) is 94.9 cm³/mol. The molecule has 2 aliphatic heterocycles. The van der Waals surface area contributed by atoms with Crippen molar-refractivity contribution in [2.75, 3.05) is 6.54 Å². The molecule has 1 spiro atoms. The van der Waals surface area contributed by atoms with Gasteiger partial charge in [0.2, 0.25) is 11.8 Å². The Morgan fingerprint density at radius 3 is 2.46 bits per heavy atom. The Morgan fingerprint density at radius 2 is 1.88 bits per heavy atom. The van der Waals surface area contributed by atoms with Crippen LogP contribution in [0.5, 0.6) is 0 Å². The molecule has 0 radical (unpaired) electrons. The quantitative estimate of drug-likeness (QED) is 0.839. The van der Waals surface area contributed by atoms with Gasteiger partial charge in [-0.15, -0.1) is 0 Å². The van der Waals surface area contributed by atoms with Crippen LogP contribution in [0, 0.1) is 5.41 Å². The molecule has 7 nitrogen and oxygen atoms in total. The number of benzene rings is 1. The summed E-state index contributed by atoms with van der Waals surface area (Å²) in [6.45, 7) is 5.39. The van der Waals surface area contributed by atoms with Crippen molar-refractivity contribution in [1.82, 2.24) is 10.2 Å². The molecule has 7 heteroatoms. The van der Waals surface area contributed by atoms with Gasteiger partial charge in [-0.25, -0.2) is 4.79 Å². The third kappa shape index (κ3) is 3.38. The van der Waals surface area contributed by atoms with Gasteiger partial charge >= 0.3 is 6.09 Å². The highest BCUT2D eigenvalue weighted by molar-refractivity contribution is 5.91. The molecule has 140 valence electrons. The maximum Gasteiger partial charge on any atom is 0.411 e. The molecule has 0 saturated carbocycles. The lowest BCUT2D eigenvalue weighted by Crippen LogP contribution is -2.46. The van der Waals surface area contributed by atoms with E-state index in [0.717, 1.165) is 5.56 Å². The van der Waals surface area contributed by atoms with Crippen LogP contribution in [0.15, 0.2) is 30.3 Å². The molecular weight excluding hydrogens is 334 g/mol. The lowest BCUT2D eigenvalue weighted by Gasteiger charge is -2.27. The summed E-state index contributed by atoms with van der Waals surface area (Å²) < 4.78 is 5.40. The average Bonchev–Trinajstić information content (AvgIpc) is 3.09. The van der Waals surface area contributed by atoms with Gasteiger partial charge in [0.1, 0.15) is 11.6 Å². The Labute approximate surface area is 152 Å². The van der Waals surface area contributed by atoms with Gasteiger partial charge in [-0.3, -0.25) is 14.5 Å². The Hall–Kier alpha value is -2.57. The van der Waals surface area contributed by atoms with Crippen molar-refractivity contribution in [3.05, 3.63) is 35.9 Å². The number of amides is 3. The van der Waals surface area contributed by atoms with Crippen molar-refractivity contribution >= 4 is 17.9 Å². The summed E-state index contributed by atoms with van der Waals surface area (Å²) >= 11 is 0. The number of rotatable bonds is 2. The highest BCUT2D eigenvalue weighted by Crippen LogP contribution is 2.46. The molecule has 3 N–H and O–H groups in total. The number of nitrogens with one attached hydrogen (secondary N) is 1. The van der Waals surface area contributed by atoms with E-state index < -0.39 is 29.1 Å². The second-order valence-corrected chi connectivity index (χ2v) is 8.15. The maximum atomic E-state index is 12.8. The Kier molecular flexibility index (Phi) is 4.42. The van der Waals surface area contributed by atoms with Crippen LogP contribution in [0.4, 0.5) is 4.79 Å². The molecule has 3 atom stereocenters. The zero-order valence-electron chi connectivity index (χ0n) is 15.3. The van der Waals surface area contributed by atoms with E-state index in [0.29, 0.717) is 6.42 Å². The third-order valence-corrected chi connectivity index (χ3v) is 4.97. The van der Waals surface area contributed by atoms with Crippen LogP contribution < -0.4 is 11.1 Å². The summed E-state index contributed by atoms with van der Waals surface area (Å²) in [5, 5.41) is 3.00. The van der Waals surface area contributed by atoms with E-state index in [1.807, 2.05) is 30.3 Å². The third-order valence-electron chi connectivity index (χ3n) is 4.97. The van der Waals surface area contributed by atoms with Crippen LogP contribution in [-0.2, 0) is 14.3 Å². The largest absolute Gasteiger partial charge is 0.444 e. The van der Waals surface area contributed by atoms with Crippen molar-refractivity contribution in [3.8, 4) is 0 Å². The second kappa shape index (κ2) is 6.30. The van der Waals surface area contributed by atoms with Crippen LogP contribution in [0.25, 0.3) is 0 Å². The van der Waals surface area contributed by atoms with E-state index in [4.69, 9.17) is 10.5 Å². The van der Waals surface area contributed by atoms with Crippen molar-refractivity contribution in [2.24, 2.45) is 11.1 Å². The molecule has 2 saturated heterocycles. The number of hydrogen-bond donors (Lipinski definition) is 2. The average molecular weight is 359 g/mol. The summed E-state index contributed by atoms with van der Waals surface area (Å²) in [7, 11) is 0. The summed E-state index contributed by atoms with van der Waals surface area (Å²) in [5.41, 5.74) is 5.00. The number of likely N-dealkylation sites (tertiary alicyclic amines) is 1. The minimum Gasteiger partial charge on any atom is -0.444 e. The first-order chi connectivity index (χ1) is 12.1. The van der Waals surface area contributed by atoms with E-state index in [1.165, 1.54) is 4.90 Å². The molecule has 3 rings (SSSR count). The standard InChI is InChI=1S/C19H25N3O4/c1-18(2,3)26-17(25)22-11-19(10-14(22)15(20)23)9-13(21-16(19)24)12-7-5-4-6-8-12/h4-8,13-14H,9-11H2,1-3H3,(H2,20,23)(H,21,24)/t13?,14-,19-/m0/s1. The van der Waals surface area contributed by atoms with E-state index in [1.54, 1.807) is 20.8 Å². The lowest BCUT2D eigenvalue weighted by atomic mass is 9.81. The topological polar surface area (TPSA) is 102 Å². The smallest absolute Gasteiger partial charge is 0.411 e.